The van der Waals surface area contributed by atoms with Crippen LogP contribution in [0.4, 0.5) is 0 Å². The van der Waals surface area contributed by atoms with Crippen molar-refractivity contribution in [1.29, 1.82) is 0 Å². The third-order valence-electron chi connectivity index (χ3n) is 7.02. The Morgan fingerprint density at radius 2 is 1.90 bits per heavy atom. The number of piperidine rings is 1. The average Bonchev–Trinajstić information content (AvgIpc) is 3.25. The van der Waals surface area contributed by atoms with Crippen molar-refractivity contribution in [2.45, 2.75) is 51.7 Å². The summed E-state index contributed by atoms with van der Waals surface area (Å²) in [6.07, 6.45) is 6.02. The molecule has 1 aromatic rings. The minimum atomic E-state index is -0.425. The van der Waals surface area contributed by atoms with E-state index in [2.05, 4.69) is 51.2 Å². The highest BCUT2D eigenvalue weighted by molar-refractivity contribution is 5.80. The quantitative estimate of drug-likeness (QED) is 0.516. The van der Waals surface area contributed by atoms with Crippen molar-refractivity contribution in [3.05, 3.63) is 35.4 Å². The third kappa shape index (κ3) is 6.43. The van der Waals surface area contributed by atoms with E-state index in [9.17, 15) is 5.11 Å². The second kappa shape index (κ2) is 11.3. The molecule has 6 heteroatoms. The predicted octanol–water partition coefficient (Wildman–Crippen LogP) is 2.18. The first-order chi connectivity index (χ1) is 15.2. The summed E-state index contributed by atoms with van der Waals surface area (Å²) in [6.45, 7) is 12.0. The van der Waals surface area contributed by atoms with E-state index in [1.165, 1.54) is 56.4 Å². The SMILES string of the molecule is CCNC(=NCC(O)CN1CCc2ccccc2C1)N1CCC(CN2CCCCC2)C1. The van der Waals surface area contributed by atoms with E-state index in [0.29, 0.717) is 13.1 Å². The number of nitrogens with zero attached hydrogens (tertiary/aromatic N) is 4. The molecule has 3 aliphatic heterocycles. The van der Waals surface area contributed by atoms with Gasteiger partial charge in [-0.2, -0.15) is 0 Å². The Bertz CT molecular complexity index is 718. The second-order valence-electron chi connectivity index (χ2n) is 9.56. The van der Waals surface area contributed by atoms with Crippen LogP contribution in [-0.4, -0.2) is 90.8 Å². The standard InChI is InChI=1S/C25H41N5O/c1-2-26-25(30-15-10-21(18-30)17-28-12-6-3-7-13-28)27-16-24(31)20-29-14-11-22-8-4-5-9-23(22)19-29/h4-5,8-9,21,24,31H,2-3,6-7,10-20H2,1H3,(H,26,27). The molecule has 0 aromatic heterocycles. The molecule has 0 aliphatic carbocycles. The molecule has 0 saturated carbocycles. The lowest BCUT2D eigenvalue weighted by Crippen LogP contribution is -2.42. The molecular weight excluding hydrogens is 386 g/mol. The highest BCUT2D eigenvalue weighted by Gasteiger charge is 2.27. The molecule has 2 fully saturated rings. The number of guanidine groups is 1. The summed E-state index contributed by atoms with van der Waals surface area (Å²) in [7, 11) is 0. The van der Waals surface area contributed by atoms with Crippen molar-refractivity contribution in [3.8, 4) is 0 Å². The van der Waals surface area contributed by atoms with Crippen LogP contribution in [0.15, 0.2) is 29.3 Å². The first-order valence-electron chi connectivity index (χ1n) is 12.4. The molecule has 0 radical (unpaired) electrons. The minimum Gasteiger partial charge on any atom is -0.390 e. The van der Waals surface area contributed by atoms with E-state index in [4.69, 9.17) is 4.99 Å². The van der Waals surface area contributed by atoms with Crippen molar-refractivity contribution in [3.63, 3.8) is 0 Å². The Hall–Kier alpha value is -1.63. The first kappa shape index (κ1) is 22.6. The number of benzene rings is 1. The van der Waals surface area contributed by atoms with Crippen molar-refractivity contribution < 1.29 is 5.11 Å². The number of nitrogens with one attached hydrogen (secondary N) is 1. The molecule has 0 bridgehead atoms. The molecule has 2 N–H and O–H groups in total. The number of aliphatic imine (C=N–C) groups is 1. The zero-order valence-electron chi connectivity index (χ0n) is 19.3. The van der Waals surface area contributed by atoms with Gasteiger partial charge in [-0.1, -0.05) is 30.7 Å². The van der Waals surface area contributed by atoms with Gasteiger partial charge in [0.15, 0.2) is 5.96 Å². The Labute approximate surface area is 188 Å². The number of aliphatic hydroxyl groups excluding tert-OH is 1. The molecule has 1 aromatic carbocycles. The van der Waals surface area contributed by atoms with Crippen LogP contribution in [0.3, 0.4) is 0 Å². The Kier molecular flexibility index (Phi) is 8.22. The average molecular weight is 428 g/mol. The van der Waals surface area contributed by atoms with E-state index in [1.54, 1.807) is 0 Å². The predicted molar refractivity (Wildman–Crippen MR) is 127 cm³/mol. The summed E-state index contributed by atoms with van der Waals surface area (Å²) < 4.78 is 0. The van der Waals surface area contributed by atoms with Crippen molar-refractivity contribution in [1.82, 2.24) is 20.0 Å². The monoisotopic (exact) mass is 427 g/mol. The fourth-order valence-electron chi connectivity index (χ4n) is 5.36. The summed E-state index contributed by atoms with van der Waals surface area (Å²) in [5.74, 6) is 1.71. The minimum absolute atomic E-state index is 0.425. The normalized spacial score (nSPS) is 24.3. The molecule has 2 atom stereocenters. The number of rotatable bonds is 7. The molecule has 172 valence electrons. The second-order valence-corrected chi connectivity index (χ2v) is 9.56. The molecule has 6 nitrogen and oxygen atoms in total. The van der Waals surface area contributed by atoms with Gasteiger partial charge < -0.3 is 20.2 Å². The van der Waals surface area contributed by atoms with E-state index in [-0.39, 0.29) is 0 Å². The zero-order valence-corrected chi connectivity index (χ0v) is 19.3. The lowest BCUT2D eigenvalue weighted by atomic mass is 10.00. The summed E-state index contributed by atoms with van der Waals surface area (Å²) in [4.78, 5) is 12.2. The Morgan fingerprint density at radius 3 is 2.71 bits per heavy atom. The highest BCUT2D eigenvalue weighted by Crippen LogP contribution is 2.21. The molecule has 31 heavy (non-hydrogen) atoms. The molecule has 4 rings (SSSR count). The number of β-amino-alcohol motifs (C(OH)–C–C–N with tert-alkyl or cyclic N) is 1. The lowest BCUT2D eigenvalue weighted by Gasteiger charge is -2.30. The van der Waals surface area contributed by atoms with E-state index >= 15 is 0 Å². The van der Waals surface area contributed by atoms with Crippen LogP contribution in [0, 0.1) is 5.92 Å². The fraction of sp³-hybridized carbons (Fsp3) is 0.720. The summed E-state index contributed by atoms with van der Waals surface area (Å²) >= 11 is 0. The number of hydrogen-bond donors (Lipinski definition) is 2. The molecule has 0 spiro atoms. The van der Waals surface area contributed by atoms with Gasteiger partial charge in [-0.05, 0) is 62.7 Å². The van der Waals surface area contributed by atoms with Crippen molar-refractivity contribution >= 4 is 5.96 Å². The largest absolute Gasteiger partial charge is 0.390 e. The maximum atomic E-state index is 10.7. The Morgan fingerprint density at radius 1 is 1.10 bits per heavy atom. The number of fused-ring (bicyclic) bond motifs is 1. The van der Waals surface area contributed by atoms with Gasteiger partial charge in [0, 0.05) is 45.8 Å². The fourth-order valence-corrected chi connectivity index (χ4v) is 5.36. The van der Waals surface area contributed by atoms with Gasteiger partial charge in [-0.3, -0.25) is 9.89 Å². The summed E-state index contributed by atoms with van der Waals surface area (Å²) in [6, 6.07) is 8.67. The maximum absolute atomic E-state index is 10.7. The van der Waals surface area contributed by atoms with Crippen LogP contribution in [-0.2, 0) is 13.0 Å². The van der Waals surface area contributed by atoms with Gasteiger partial charge in [0.1, 0.15) is 0 Å². The van der Waals surface area contributed by atoms with Crippen LogP contribution in [0.2, 0.25) is 0 Å². The third-order valence-corrected chi connectivity index (χ3v) is 7.02. The van der Waals surface area contributed by atoms with Crippen LogP contribution >= 0.6 is 0 Å². The number of aliphatic hydroxyl groups is 1. The van der Waals surface area contributed by atoms with Crippen molar-refractivity contribution in [2.24, 2.45) is 10.9 Å². The molecule has 2 unspecified atom stereocenters. The van der Waals surface area contributed by atoms with Gasteiger partial charge in [-0.25, -0.2) is 0 Å². The van der Waals surface area contributed by atoms with E-state index in [1.807, 2.05) is 0 Å². The van der Waals surface area contributed by atoms with Crippen LogP contribution in [0.1, 0.15) is 43.7 Å². The smallest absolute Gasteiger partial charge is 0.194 e. The summed E-state index contributed by atoms with van der Waals surface area (Å²) in [5.41, 5.74) is 2.85. The topological polar surface area (TPSA) is 54.3 Å². The number of hydrogen-bond acceptors (Lipinski definition) is 4. The molecular formula is C25H41N5O. The van der Waals surface area contributed by atoms with Crippen molar-refractivity contribution in [2.75, 3.05) is 58.9 Å². The molecule has 3 aliphatic rings. The Balaban J connectivity index is 1.25. The van der Waals surface area contributed by atoms with Gasteiger partial charge in [-0.15, -0.1) is 0 Å². The molecule has 0 amide bonds. The highest BCUT2D eigenvalue weighted by atomic mass is 16.3. The first-order valence-corrected chi connectivity index (χ1v) is 12.4. The van der Waals surface area contributed by atoms with Crippen LogP contribution in [0.25, 0.3) is 0 Å². The zero-order chi connectivity index (χ0) is 21.5. The van der Waals surface area contributed by atoms with Crippen LogP contribution < -0.4 is 5.32 Å². The van der Waals surface area contributed by atoms with Crippen LogP contribution in [0.5, 0.6) is 0 Å². The summed E-state index contributed by atoms with van der Waals surface area (Å²) in [5, 5.41) is 14.1. The lowest BCUT2D eigenvalue weighted by molar-refractivity contribution is 0.111. The van der Waals surface area contributed by atoms with E-state index < -0.39 is 6.10 Å². The van der Waals surface area contributed by atoms with Gasteiger partial charge in [0.05, 0.1) is 12.6 Å². The maximum Gasteiger partial charge on any atom is 0.194 e. The number of likely N-dealkylation sites (tertiary alicyclic amines) is 2. The van der Waals surface area contributed by atoms with Gasteiger partial charge in [0.25, 0.3) is 0 Å². The van der Waals surface area contributed by atoms with Gasteiger partial charge >= 0.3 is 0 Å². The van der Waals surface area contributed by atoms with Gasteiger partial charge in [0.2, 0.25) is 0 Å². The molecule has 3 heterocycles. The van der Waals surface area contributed by atoms with E-state index in [0.717, 1.165) is 51.0 Å². The molecule has 2 saturated heterocycles.